The third-order valence-corrected chi connectivity index (χ3v) is 3.06. The highest BCUT2D eigenvalue weighted by molar-refractivity contribution is 6.32. The number of aromatic nitrogens is 3. The Bertz CT molecular complexity index is 724. The minimum Gasteiger partial charge on any atom is -0.319 e. The first kappa shape index (κ1) is 15.0. The van der Waals surface area contributed by atoms with Gasteiger partial charge in [0.05, 0.1) is 10.6 Å². The summed E-state index contributed by atoms with van der Waals surface area (Å²) in [4.78, 5) is 16.2. The fraction of sp³-hybridized carbons (Fsp3) is 0.286. The third-order valence-electron chi connectivity index (χ3n) is 2.75. The van der Waals surface area contributed by atoms with Crippen LogP contribution in [0.4, 0.5) is 5.69 Å². The van der Waals surface area contributed by atoms with Crippen LogP contribution in [0.3, 0.4) is 0 Å². The Labute approximate surface area is 127 Å². The van der Waals surface area contributed by atoms with E-state index in [2.05, 4.69) is 20.5 Å². The van der Waals surface area contributed by atoms with Crippen molar-refractivity contribution in [2.24, 2.45) is 0 Å². The van der Waals surface area contributed by atoms with E-state index < -0.39 is 5.91 Å². The number of hydrogen-bond acceptors (Lipinski definition) is 4. The summed E-state index contributed by atoms with van der Waals surface area (Å²) in [6.07, 6.45) is 0. The average molecular weight is 304 g/mol. The van der Waals surface area contributed by atoms with Crippen molar-refractivity contribution in [3.8, 4) is 6.07 Å². The largest absolute Gasteiger partial charge is 0.319 e. The van der Waals surface area contributed by atoms with E-state index in [4.69, 9.17) is 16.9 Å². The summed E-state index contributed by atoms with van der Waals surface area (Å²) in [6.45, 7) is 5.90. The van der Waals surface area contributed by atoms with Gasteiger partial charge < -0.3 is 5.32 Å². The summed E-state index contributed by atoms with van der Waals surface area (Å²) >= 11 is 5.91. The molecule has 0 aliphatic heterocycles. The average Bonchev–Trinajstić information content (AvgIpc) is 2.88. The summed E-state index contributed by atoms with van der Waals surface area (Å²) in [7, 11) is 0. The van der Waals surface area contributed by atoms with Crippen LogP contribution < -0.4 is 5.32 Å². The van der Waals surface area contributed by atoms with Gasteiger partial charge in [-0.05, 0) is 18.2 Å². The molecule has 0 bridgehead atoms. The number of amides is 1. The van der Waals surface area contributed by atoms with Crippen LogP contribution in [0.2, 0.25) is 5.02 Å². The van der Waals surface area contributed by atoms with Gasteiger partial charge in [-0.1, -0.05) is 32.4 Å². The van der Waals surface area contributed by atoms with E-state index in [9.17, 15) is 4.79 Å². The maximum absolute atomic E-state index is 12.1. The lowest BCUT2D eigenvalue weighted by molar-refractivity contribution is 0.101. The van der Waals surface area contributed by atoms with Crippen LogP contribution in [0, 0.1) is 11.3 Å². The Morgan fingerprint density at radius 2 is 2.14 bits per heavy atom. The second-order valence-corrected chi connectivity index (χ2v) is 5.93. The number of benzene rings is 1. The summed E-state index contributed by atoms with van der Waals surface area (Å²) in [5.41, 5.74) is 0.609. The maximum Gasteiger partial charge on any atom is 0.295 e. The van der Waals surface area contributed by atoms with Crippen molar-refractivity contribution in [2.75, 3.05) is 5.32 Å². The van der Waals surface area contributed by atoms with Crippen molar-refractivity contribution in [3.63, 3.8) is 0 Å². The second kappa shape index (κ2) is 5.54. The molecule has 0 saturated carbocycles. The van der Waals surface area contributed by atoms with Gasteiger partial charge >= 0.3 is 0 Å². The maximum atomic E-state index is 12.1. The number of halogens is 1. The van der Waals surface area contributed by atoms with E-state index in [1.807, 2.05) is 26.8 Å². The first-order valence-corrected chi connectivity index (χ1v) is 6.63. The molecule has 2 rings (SSSR count). The normalized spacial score (nSPS) is 11.0. The minimum absolute atomic E-state index is 0.0559. The lowest BCUT2D eigenvalue weighted by atomic mass is 9.96. The zero-order valence-corrected chi connectivity index (χ0v) is 12.6. The van der Waals surface area contributed by atoms with E-state index in [-0.39, 0.29) is 16.3 Å². The molecule has 2 N–H and O–H groups in total. The second-order valence-electron chi connectivity index (χ2n) is 5.52. The van der Waals surface area contributed by atoms with E-state index in [0.717, 1.165) is 0 Å². The Morgan fingerprint density at radius 3 is 2.67 bits per heavy atom. The first-order valence-electron chi connectivity index (χ1n) is 6.25. The Hall–Kier alpha value is -2.39. The van der Waals surface area contributed by atoms with Gasteiger partial charge in [0.1, 0.15) is 11.9 Å². The zero-order valence-electron chi connectivity index (χ0n) is 11.9. The number of carbonyl (C=O) groups excluding carboxylic acids is 1. The summed E-state index contributed by atoms with van der Waals surface area (Å²) in [5.74, 6) is 0.244. The number of hydrogen-bond donors (Lipinski definition) is 2. The topological polar surface area (TPSA) is 94.5 Å². The van der Waals surface area contributed by atoms with Gasteiger partial charge in [0.25, 0.3) is 5.91 Å². The molecule has 0 aliphatic carbocycles. The van der Waals surface area contributed by atoms with Gasteiger partial charge in [-0.15, -0.1) is 5.10 Å². The summed E-state index contributed by atoms with van der Waals surface area (Å²) in [6, 6.07) is 6.60. The molecule has 6 nitrogen and oxygen atoms in total. The molecule has 1 heterocycles. The van der Waals surface area contributed by atoms with Gasteiger partial charge in [0.15, 0.2) is 0 Å². The molecule has 0 saturated heterocycles. The van der Waals surface area contributed by atoms with Crippen LogP contribution in [0.5, 0.6) is 0 Å². The zero-order chi connectivity index (χ0) is 15.6. The van der Waals surface area contributed by atoms with Crippen molar-refractivity contribution < 1.29 is 4.79 Å². The van der Waals surface area contributed by atoms with Crippen molar-refractivity contribution in [1.29, 1.82) is 5.26 Å². The fourth-order valence-corrected chi connectivity index (χ4v) is 1.79. The van der Waals surface area contributed by atoms with Gasteiger partial charge in [0, 0.05) is 11.1 Å². The molecule has 0 radical (unpaired) electrons. The smallest absolute Gasteiger partial charge is 0.295 e. The van der Waals surface area contributed by atoms with Crippen LogP contribution in [0.15, 0.2) is 18.2 Å². The lowest BCUT2D eigenvalue weighted by Gasteiger charge is -2.12. The van der Waals surface area contributed by atoms with Crippen molar-refractivity contribution in [3.05, 3.63) is 40.4 Å². The molecule has 21 heavy (non-hydrogen) atoms. The highest BCUT2D eigenvalue weighted by Gasteiger charge is 2.21. The van der Waals surface area contributed by atoms with E-state index in [1.165, 1.54) is 12.1 Å². The van der Waals surface area contributed by atoms with Crippen LogP contribution in [-0.4, -0.2) is 21.1 Å². The summed E-state index contributed by atoms with van der Waals surface area (Å²) in [5, 5.41) is 18.4. The van der Waals surface area contributed by atoms with E-state index >= 15 is 0 Å². The number of anilines is 1. The van der Waals surface area contributed by atoms with Crippen LogP contribution in [0.25, 0.3) is 0 Å². The number of nitriles is 1. The van der Waals surface area contributed by atoms with Gasteiger partial charge in [-0.3, -0.25) is 9.89 Å². The number of aromatic amines is 1. The monoisotopic (exact) mass is 303 g/mol. The molecule has 2 aromatic rings. The molecule has 0 unspecified atom stereocenters. The van der Waals surface area contributed by atoms with E-state index in [1.54, 1.807) is 6.07 Å². The molecule has 7 heteroatoms. The molecule has 0 spiro atoms. The lowest BCUT2D eigenvalue weighted by Crippen LogP contribution is -2.16. The third kappa shape index (κ3) is 3.38. The molecule has 1 amide bonds. The SMILES string of the molecule is CC(C)(C)c1nc(C(=O)Nc2ccc(C#N)c(Cl)c2)n[nH]1. The van der Waals surface area contributed by atoms with Crippen LogP contribution in [-0.2, 0) is 5.41 Å². The Kier molecular flexibility index (Phi) is 3.96. The molecule has 0 fully saturated rings. The number of nitrogens with one attached hydrogen (secondary N) is 2. The van der Waals surface area contributed by atoms with Crippen LogP contribution >= 0.6 is 11.6 Å². The van der Waals surface area contributed by atoms with Crippen LogP contribution in [0.1, 0.15) is 42.8 Å². The van der Waals surface area contributed by atoms with Gasteiger partial charge in [0.2, 0.25) is 5.82 Å². The predicted octanol–water partition coefficient (Wildman–Crippen LogP) is 2.88. The highest BCUT2D eigenvalue weighted by Crippen LogP contribution is 2.21. The van der Waals surface area contributed by atoms with E-state index in [0.29, 0.717) is 17.1 Å². The number of carbonyl (C=O) groups is 1. The molecule has 0 aliphatic rings. The van der Waals surface area contributed by atoms with Gasteiger partial charge in [-0.2, -0.15) is 5.26 Å². The quantitative estimate of drug-likeness (QED) is 0.891. The fourth-order valence-electron chi connectivity index (χ4n) is 1.57. The number of H-pyrrole nitrogens is 1. The number of rotatable bonds is 2. The van der Waals surface area contributed by atoms with Crippen molar-refractivity contribution >= 4 is 23.2 Å². The molecule has 1 aromatic heterocycles. The standard InChI is InChI=1S/C14H14ClN5O/c1-14(2,3)13-18-11(19-20-13)12(21)17-9-5-4-8(7-16)10(15)6-9/h4-6H,1-3H3,(H,17,21)(H,18,19,20). The molecular formula is C14H14ClN5O. The van der Waals surface area contributed by atoms with Gasteiger partial charge in [-0.25, -0.2) is 4.98 Å². The Balaban J connectivity index is 2.17. The molecule has 1 aromatic carbocycles. The molecule has 108 valence electrons. The minimum atomic E-state index is -0.442. The molecular weight excluding hydrogens is 290 g/mol. The highest BCUT2D eigenvalue weighted by atomic mass is 35.5. The summed E-state index contributed by atoms with van der Waals surface area (Å²) < 4.78 is 0. The first-order chi connectivity index (χ1) is 9.81. The Morgan fingerprint density at radius 1 is 1.43 bits per heavy atom. The number of nitrogens with zero attached hydrogens (tertiary/aromatic N) is 3. The van der Waals surface area contributed by atoms with Crippen molar-refractivity contribution in [1.82, 2.24) is 15.2 Å². The molecule has 0 atom stereocenters. The predicted molar refractivity (Wildman–Crippen MR) is 79.2 cm³/mol. The van der Waals surface area contributed by atoms with Crippen molar-refractivity contribution in [2.45, 2.75) is 26.2 Å².